The highest BCUT2D eigenvalue weighted by Crippen LogP contribution is 2.27. The highest BCUT2D eigenvalue weighted by molar-refractivity contribution is 8.04. The summed E-state index contributed by atoms with van der Waals surface area (Å²) in [4.78, 5) is -0.168. The van der Waals surface area contributed by atoms with Gasteiger partial charge < -0.3 is 5.32 Å². The van der Waals surface area contributed by atoms with E-state index in [1.165, 1.54) is 23.9 Å². The molecule has 2 aromatic rings. The predicted molar refractivity (Wildman–Crippen MR) is 94.6 cm³/mol. The molecule has 0 aliphatic carbocycles. The van der Waals surface area contributed by atoms with Crippen LogP contribution in [0.3, 0.4) is 0 Å². The van der Waals surface area contributed by atoms with E-state index in [1.807, 2.05) is 43.3 Å². The molecule has 0 amide bonds. The molecule has 1 N–H and O–H groups in total. The number of anilines is 1. The molecule has 0 unspecified atom stereocenters. The van der Waals surface area contributed by atoms with Gasteiger partial charge in [-0.15, -0.1) is 11.8 Å². The summed E-state index contributed by atoms with van der Waals surface area (Å²) in [6.45, 7) is 1.88. The van der Waals surface area contributed by atoms with Gasteiger partial charge in [0.25, 0.3) is 0 Å². The first-order valence-corrected chi connectivity index (χ1v) is 9.52. The number of nitriles is 1. The van der Waals surface area contributed by atoms with Gasteiger partial charge in [-0.05, 0) is 37.4 Å². The molecule has 2 aromatic carbocycles. The van der Waals surface area contributed by atoms with Gasteiger partial charge in [0.2, 0.25) is 9.84 Å². The molecular formula is C17H16N2O2S2. The molecule has 118 valence electrons. The van der Waals surface area contributed by atoms with Crippen LogP contribution in [0.2, 0.25) is 0 Å². The monoisotopic (exact) mass is 344 g/mol. The maximum absolute atomic E-state index is 12.7. The number of para-hydroxylation sites is 1. The molecule has 0 aromatic heterocycles. The quantitative estimate of drug-likeness (QED) is 0.832. The van der Waals surface area contributed by atoms with Crippen molar-refractivity contribution in [3.05, 3.63) is 70.1 Å². The SMILES string of the molecule is CS/C(Nc1ccccc1)=C(/C#N)S(=O)(=O)c1ccc(C)cc1. The normalized spacial score (nSPS) is 12.2. The maximum atomic E-state index is 12.7. The lowest BCUT2D eigenvalue weighted by Crippen LogP contribution is -2.09. The van der Waals surface area contributed by atoms with Crippen LogP contribution in [0.25, 0.3) is 0 Å². The molecule has 0 saturated heterocycles. The van der Waals surface area contributed by atoms with Crippen LogP contribution in [0.1, 0.15) is 5.56 Å². The van der Waals surface area contributed by atoms with Crippen molar-refractivity contribution >= 4 is 27.3 Å². The lowest BCUT2D eigenvalue weighted by atomic mass is 10.2. The third-order valence-corrected chi connectivity index (χ3v) is 5.71. The molecule has 4 nitrogen and oxygen atoms in total. The molecule has 0 bridgehead atoms. The van der Waals surface area contributed by atoms with E-state index in [9.17, 15) is 13.7 Å². The molecule has 0 radical (unpaired) electrons. The number of sulfone groups is 1. The number of hydrogen-bond donors (Lipinski definition) is 1. The van der Waals surface area contributed by atoms with Crippen LogP contribution < -0.4 is 5.32 Å². The Bertz CT molecular complexity index is 850. The summed E-state index contributed by atoms with van der Waals surface area (Å²) in [5.41, 5.74) is 1.68. The molecule has 0 aliphatic rings. The fourth-order valence-electron chi connectivity index (χ4n) is 1.92. The lowest BCUT2D eigenvalue weighted by Gasteiger charge is -2.12. The molecule has 6 heteroatoms. The van der Waals surface area contributed by atoms with E-state index in [0.717, 1.165) is 11.3 Å². The summed E-state index contributed by atoms with van der Waals surface area (Å²) in [5.74, 6) is 0. The minimum atomic E-state index is -3.86. The fourth-order valence-corrected chi connectivity index (χ4v) is 4.10. The maximum Gasteiger partial charge on any atom is 0.219 e. The topological polar surface area (TPSA) is 70.0 Å². The van der Waals surface area contributed by atoms with E-state index in [0.29, 0.717) is 5.03 Å². The summed E-state index contributed by atoms with van der Waals surface area (Å²) in [5, 5.41) is 12.7. The van der Waals surface area contributed by atoms with E-state index >= 15 is 0 Å². The van der Waals surface area contributed by atoms with E-state index in [2.05, 4.69) is 5.32 Å². The summed E-state index contributed by atoms with van der Waals surface area (Å²) < 4.78 is 25.5. The second-order valence-electron chi connectivity index (χ2n) is 4.78. The Morgan fingerprint density at radius 2 is 1.70 bits per heavy atom. The van der Waals surface area contributed by atoms with Gasteiger partial charge >= 0.3 is 0 Å². The molecular weight excluding hydrogens is 328 g/mol. The third kappa shape index (κ3) is 3.95. The van der Waals surface area contributed by atoms with Crippen LogP contribution in [0, 0.1) is 18.3 Å². The summed E-state index contributed by atoms with van der Waals surface area (Å²) >= 11 is 1.19. The fraction of sp³-hybridized carbons (Fsp3) is 0.118. The number of aryl methyl sites for hydroxylation is 1. The van der Waals surface area contributed by atoms with Crippen LogP contribution in [0.4, 0.5) is 5.69 Å². The average molecular weight is 344 g/mol. The third-order valence-electron chi connectivity index (χ3n) is 3.14. The molecule has 0 heterocycles. The lowest BCUT2D eigenvalue weighted by molar-refractivity contribution is 0.603. The van der Waals surface area contributed by atoms with E-state index < -0.39 is 9.84 Å². The number of nitrogens with one attached hydrogen (secondary N) is 1. The standard InChI is InChI=1S/C17H16N2O2S2/c1-13-8-10-15(11-9-13)23(20,21)16(12-18)17(22-2)19-14-6-4-3-5-7-14/h3-11,19H,1-2H3/b17-16-. The van der Waals surface area contributed by atoms with E-state index in [1.54, 1.807) is 18.4 Å². The Labute approximate surface area is 140 Å². The number of allylic oxidation sites excluding steroid dienone is 1. The Morgan fingerprint density at radius 1 is 1.09 bits per heavy atom. The Hall–Kier alpha value is -2.23. The van der Waals surface area contributed by atoms with Gasteiger partial charge in [-0.3, -0.25) is 0 Å². The van der Waals surface area contributed by atoms with Crippen LogP contribution in [0.5, 0.6) is 0 Å². The van der Waals surface area contributed by atoms with Crippen molar-refractivity contribution in [3.63, 3.8) is 0 Å². The number of hydrogen-bond acceptors (Lipinski definition) is 5. The molecule has 2 rings (SSSR count). The first kappa shape index (κ1) is 17.1. The van der Waals surface area contributed by atoms with Gasteiger partial charge in [-0.1, -0.05) is 35.9 Å². The highest BCUT2D eigenvalue weighted by Gasteiger charge is 2.24. The Morgan fingerprint density at radius 3 is 2.22 bits per heavy atom. The number of nitrogens with zero attached hydrogens (tertiary/aromatic N) is 1. The largest absolute Gasteiger partial charge is 0.349 e. The van der Waals surface area contributed by atoms with Crippen LogP contribution in [0.15, 0.2) is 69.4 Å². The second kappa shape index (κ2) is 7.36. The predicted octanol–water partition coefficient (Wildman–Crippen LogP) is 3.94. The Balaban J connectivity index is 2.50. The zero-order valence-electron chi connectivity index (χ0n) is 12.8. The first-order valence-electron chi connectivity index (χ1n) is 6.81. The van der Waals surface area contributed by atoms with Crippen molar-refractivity contribution in [3.8, 4) is 6.07 Å². The van der Waals surface area contributed by atoms with Crippen LogP contribution in [-0.2, 0) is 9.84 Å². The second-order valence-corrected chi connectivity index (χ2v) is 7.48. The average Bonchev–Trinajstić information content (AvgIpc) is 2.55. The molecule has 23 heavy (non-hydrogen) atoms. The van der Waals surface area contributed by atoms with Gasteiger partial charge in [-0.2, -0.15) is 5.26 Å². The summed E-state index contributed by atoms with van der Waals surface area (Å²) in [7, 11) is -3.86. The van der Waals surface area contributed by atoms with Gasteiger partial charge in [0.05, 0.1) is 4.90 Å². The van der Waals surface area contributed by atoms with Crippen molar-refractivity contribution in [2.75, 3.05) is 11.6 Å². The van der Waals surface area contributed by atoms with Gasteiger partial charge in [-0.25, -0.2) is 8.42 Å². The zero-order chi connectivity index (χ0) is 16.9. The molecule has 0 atom stereocenters. The van der Waals surface area contributed by atoms with Crippen LogP contribution in [-0.4, -0.2) is 14.7 Å². The molecule has 0 aliphatic heterocycles. The smallest absolute Gasteiger partial charge is 0.219 e. The number of benzene rings is 2. The summed E-state index contributed by atoms with van der Waals surface area (Å²) in [6.07, 6.45) is 1.73. The number of rotatable bonds is 5. The van der Waals surface area contributed by atoms with Crippen molar-refractivity contribution in [1.29, 1.82) is 5.26 Å². The van der Waals surface area contributed by atoms with Gasteiger partial charge in [0.15, 0.2) is 4.91 Å². The van der Waals surface area contributed by atoms with E-state index in [-0.39, 0.29) is 9.80 Å². The highest BCUT2D eigenvalue weighted by atomic mass is 32.2. The minimum Gasteiger partial charge on any atom is -0.349 e. The van der Waals surface area contributed by atoms with Gasteiger partial charge in [0, 0.05) is 5.69 Å². The van der Waals surface area contributed by atoms with Crippen molar-refractivity contribution in [2.45, 2.75) is 11.8 Å². The van der Waals surface area contributed by atoms with Crippen molar-refractivity contribution < 1.29 is 8.42 Å². The van der Waals surface area contributed by atoms with Crippen LogP contribution >= 0.6 is 11.8 Å². The Kier molecular flexibility index (Phi) is 5.48. The molecule has 0 spiro atoms. The molecule has 0 fully saturated rings. The molecule has 0 saturated carbocycles. The van der Waals surface area contributed by atoms with Crippen molar-refractivity contribution in [1.82, 2.24) is 0 Å². The number of thioether (sulfide) groups is 1. The van der Waals surface area contributed by atoms with E-state index in [4.69, 9.17) is 0 Å². The zero-order valence-corrected chi connectivity index (χ0v) is 14.4. The minimum absolute atomic E-state index is 0.112. The summed E-state index contributed by atoms with van der Waals surface area (Å²) in [6, 6.07) is 17.4. The first-order chi connectivity index (χ1) is 11.0. The van der Waals surface area contributed by atoms with Crippen molar-refractivity contribution in [2.24, 2.45) is 0 Å². The van der Waals surface area contributed by atoms with Gasteiger partial charge in [0.1, 0.15) is 11.1 Å².